The van der Waals surface area contributed by atoms with Crippen molar-refractivity contribution in [2.24, 2.45) is 0 Å². The van der Waals surface area contributed by atoms with Crippen molar-refractivity contribution in [2.45, 2.75) is 46.4 Å². The number of fused-ring (bicyclic) bond motifs is 1. The third-order valence-corrected chi connectivity index (χ3v) is 4.74. The molecule has 0 unspecified atom stereocenters. The number of nitrogens with one attached hydrogen (secondary N) is 1. The Morgan fingerprint density at radius 3 is 2.28 bits per heavy atom. The van der Waals surface area contributed by atoms with Gasteiger partial charge < -0.3 is 21.3 Å². The average Bonchev–Trinajstić information content (AvgIpc) is 3.16. The molecule has 3 heterocycles. The molecule has 0 spiro atoms. The maximum Gasteiger partial charge on any atom is 0.409 e. The highest BCUT2D eigenvalue weighted by atomic mass is 19.1. The Morgan fingerprint density at radius 2 is 1.72 bits per heavy atom. The van der Waals surface area contributed by atoms with E-state index in [0.29, 0.717) is 34.5 Å². The van der Waals surface area contributed by atoms with Gasteiger partial charge in [0, 0.05) is 11.8 Å². The molecule has 4 rings (SSSR count). The summed E-state index contributed by atoms with van der Waals surface area (Å²) in [7, 11) is 0. The summed E-state index contributed by atoms with van der Waals surface area (Å²) < 4.78 is 20.9. The van der Waals surface area contributed by atoms with Gasteiger partial charge in [0.05, 0.1) is 24.1 Å². The summed E-state index contributed by atoms with van der Waals surface area (Å²) in [6, 6.07) is 9.85. The number of carbonyl (C=O) groups is 1. The molecule has 1 aromatic carbocycles. The third kappa shape index (κ3) is 6.42. The van der Waals surface area contributed by atoms with Crippen LogP contribution < -0.4 is 16.8 Å². The first-order chi connectivity index (χ1) is 17.1. The van der Waals surface area contributed by atoms with E-state index in [1.54, 1.807) is 36.5 Å². The Kier molecular flexibility index (Phi) is 8.33. The van der Waals surface area contributed by atoms with Gasteiger partial charge in [-0.3, -0.25) is 5.32 Å². The monoisotopic (exact) mass is 496 g/mol. The number of pyridine rings is 1. The topological polar surface area (TPSA) is 167 Å². The smallest absolute Gasteiger partial charge is 0.409 e. The van der Waals surface area contributed by atoms with Crippen molar-refractivity contribution in [1.82, 2.24) is 24.7 Å². The summed E-state index contributed by atoms with van der Waals surface area (Å²) in [6.07, 6.45) is 0.998. The molecule has 0 radical (unpaired) electrons. The van der Waals surface area contributed by atoms with Crippen LogP contribution in [0.15, 0.2) is 42.6 Å². The Balaban J connectivity index is 0.000000454. The van der Waals surface area contributed by atoms with Crippen molar-refractivity contribution < 1.29 is 19.0 Å². The summed E-state index contributed by atoms with van der Waals surface area (Å²) in [4.78, 5) is 23.5. The third-order valence-electron chi connectivity index (χ3n) is 4.74. The van der Waals surface area contributed by atoms with Gasteiger partial charge in [0.1, 0.15) is 17.2 Å². The largest absolute Gasteiger partial charge is 0.465 e. The van der Waals surface area contributed by atoms with Crippen LogP contribution in [-0.4, -0.2) is 48.1 Å². The van der Waals surface area contributed by atoms with E-state index in [2.05, 4.69) is 25.4 Å². The normalized spacial score (nSPS) is 11.0. The summed E-state index contributed by atoms with van der Waals surface area (Å²) >= 11 is 0. The molecule has 0 saturated heterocycles. The number of nitrogen functional groups attached to an aromatic ring is 2. The van der Waals surface area contributed by atoms with Crippen LogP contribution in [0.5, 0.6) is 0 Å². The van der Waals surface area contributed by atoms with Gasteiger partial charge in [0.25, 0.3) is 0 Å². The van der Waals surface area contributed by atoms with Gasteiger partial charge in [-0.2, -0.15) is 5.10 Å². The van der Waals surface area contributed by atoms with E-state index in [9.17, 15) is 9.18 Å². The molecule has 0 aliphatic heterocycles. The molecule has 0 aliphatic rings. The van der Waals surface area contributed by atoms with E-state index in [-0.39, 0.29) is 35.5 Å². The Bertz CT molecular complexity index is 1330. The SMILES string of the molecule is CC(C)OC(C)C.Nc1nc(-c2nn(Cc3ccccc3F)c3ncccc23)nc(N)c1NC(=O)O. The van der Waals surface area contributed by atoms with Crippen LogP contribution in [0.2, 0.25) is 0 Å². The van der Waals surface area contributed by atoms with E-state index in [0.717, 1.165) is 0 Å². The van der Waals surface area contributed by atoms with E-state index in [4.69, 9.17) is 21.3 Å². The molecule has 12 heteroatoms. The van der Waals surface area contributed by atoms with Gasteiger partial charge in [0.2, 0.25) is 0 Å². The Hall–Kier alpha value is -4.32. The van der Waals surface area contributed by atoms with E-state index in [1.165, 1.54) is 10.7 Å². The standard InChI is InChI=1S/C18H15FN8O2.C6H14O/c19-11-6-2-1-4-9(11)8-27-17-10(5-3-7-22-17)12(26-27)16-24-14(20)13(15(21)25-16)23-18(28)29;1-5(2)7-6(3)4/h1-7,23H,8H2,(H,28,29)(H4,20,21,24,25);5-6H,1-4H3. The zero-order chi connectivity index (χ0) is 26.4. The van der Waals surface area contributed by atoms with Gasteiger partial charge in [-0.05, 0) is 45.9 Å². The quantitative estimate of drug-likeness (QED) is 0.306. The van der Waals surface area contributed by atoms with E-state index < -0.39 is 6.09 Å². The van der Waals surface area contributed by atoms with Crippen molar-refractivity contribution in [3.05, 3.63) is 54.0 Å². The molecule has 11 nitrogen and oxygen atoms in total. The minimum atomic E-state index is -1.34. The van der Waals surface area contributed by atoms with E-state index >= 15 is 0 Å². The zero-order valence-corrected chi connectivity index (χ0v) is 20.4. The molecule has 0 atom stereocenters. The number of amides is 1. The average molecular weight is 497 g/mol. The minimum Gasteiger partial charge on any atom is -0.465 e. The van der Waals surface area contributed by atoms with Crippen LogP contribution in [0.4, 0.5) is 26.5 Å². The summed E-state index contributed by atoms with van der Waals surface area (Å²) in [5.41, 5.74) is 12.9. The number of rotatable bonds is 6. The molecule has 0 fully saturated rings. The number of halogens is 1. The summed E-state index contributed by atoms with van der Waals surface area (Å²) in [5.74, 6) is -0.546. The fourth-order valence-corrected chi connectivity index (χ4v) is 3.45. The zero-order valence-electron chi connectivity index (χ0n) is 20.4. The number of hydrogen-bond acceptors (Lipinski definition) is 8. The first-order valence-corrected chi connectivity index (χ1v) is 11.2. The molecule has 0 aliphatic carbocycles. The number of nitrogens with two attached hydrogens (primary N) is 2. The van der Waals surface area contributed by atoms with Crippen LogP contribution >= 0.6 is 0 Å². The lowest BCUT2D eigenvalue weighted by molar-refractivity contribution is 0.0300. The number of hydrogen-bond donors (Lipinski definition) is 4. The molecule has 0 bridgehead atoms. The summed E-state index contributed by atoms with van der Waals surface area (Å²) in [5, 5.41) is 16.0. The highest BCUT2D eigenvalue weighted by Crippen LogP contribution is 2.30. The van der Waals surface area contributed by atoms with Gasteiger partial charge in [0.15, 0.2) is 23.1 Å². The van der Waals surface area contributed by atoms with Crippen LogP contribution in [0.25, 0.3) is 22.6 Å². The first-order valence-electron chi connectivity index (χ1n) is 11.2. The van der Waals surface area contributed by atoms with Crippen LogP contribution in [0.1, 0.15) is 33.3 Å². The number of ether oxygens (including phenoxy) is 1. The number of carboxylic acid groups (broad SMARTS) is 1. The number of anilines is 3. The lowest BCUT2D eigenvalue weighted by Gasteiger charge is -2.09. The van der Waals surface area contributed by atoms with Crippen molar-refractivity contribution in [3.63, 3.8) is 0 Å². The lowest BCUT2D eigenvalue weighted by atomic mass is 10.2. The van der Waals surface area contributed by atoms with Crippen LogP contribution in [0, 0.1) is 5.82 Å². The van der Waals surface area contributed by atoms with Crippen molar-refractivity contribution in [2.75, 3.05) is 16.8 Å². The minimum absolute atomic E-state index is 0.0984. The lowest BCUT2D eigenvalue weighted by Crippen LogP contribution is -2.14. The fraction of sp³-hybridized carbons (Fsp3) is 0.292. The fourth-order valence-electron chi connectivity index (χ4n) is 3.45. The molecule has 4 aromatic rings. The molecule has 36 heavy (non-hydrogen) atoms. The molecular formula is C24H29FN8O3. The highest BCUT2D eigenvalue weighted by Gasteiger charge is 2.20. The number of aromatic nitrogens is 5. The van der Waals surface area contributed by atoms with Crippen molar-refractivity contribution in [3.8, 4) is 11.5 Å². The van der Waals surface area contributed by atoms with Crippen molar-refractivity contribution in [1.29, 1.82) is 0 Å². The number of nitrogens with zero attached hydrogens (tertiary/aromatic N) is 5. The molecular weight excluding hydrogens is 467 g/mol. The second-order valence-corrected chi connectivity index (χ2v) is 8.33. The van der Waals surface area contributed by atoms with Gasteiger partial charge in [-0.25, -0.2) is 28.8 Å². The van der Waals surface area contributed by atoms with E-state index in [1.807, 2.05) is 27.7 Å². The van der Waals surface area contributed by atoms with Gasteiger partial charge in [-0.15, -0.1) is 0 Å². The molecule has 6 N–H and O–H groups in total. The second-order valence-electron chi connectivity index (χ2n) is 8.33. The molecule has 190 valence electrons. The first kappa shape index (κ1) is 26.3. The predicted molar refractivity (Wildman–Crippen MR) is 136 cm³/mol. The summed E-state index contributed by atoms with van der Waals surface area (Å²) in [6.45, 7) is 8.31. The molecule has 0 saturated carbocycles. The van der Waals surface area contributed by atoms with Crippen LogP contribution in [0.3, 0.4) is 0 Å². The molecule has 3 aromatic heterocycles. The number of benzene rings is 1. The van der Waals surface area contributed by atoms with Crippen molar-refractivity contribution >= 4 is 34.4 Å². The maximum absolute atomic E-state index is 14.1. The predicted octanol–water partition coefficient (Wildman–Crippen LogP) is 4.15. The van der Waals surface area contributed by atoms with Gasteiger partial charge in [-0.1, -0.05) is 18.2 Å². The molecule has 1 amide bonds. The Labute approximate surface area is 207 Å². The van der Waals surface area contributed by atoms with Gasteiger partial charge >= 0.3 is 6.09 Å². The second kappa shape index (κ2) is 11.4. The van der Waals surface area contributed by atoms with Crippen LogP contribution in [-0.2, 0) is 11.3 Å². The highest BCUT2D eigenvalue weighted by molar-refractivity contribution is 5.94. The Morgan fingerprint density at radius 1 is 1.08 bits per heavy atom. The maximum atomic E-state index is 14.1.